The first-order valence-corrected chi connectivity index (χ1v) is 9.76. The highest BCUT2D eigenvalue weighted by Crippen LogP contribution is 2.18. The van der Waals surface area contributed by atoms with Crippen LogP contribution in [0.15, 0.2) is 12.4 Å². The third-order valence-corrected chi connectivity index (χ3v) is 5.45. The smallest absolute Gasteiger partial charge is 0.422 e. The van der Waals surface area contributed by atoms with Gasteiger partial charge in [0.2, 0.25) is 0 Å². The van der Waals surface area contributed by atoms with Gasteiger partial charge in [-0.25, -0.2) is 13.8 Å². The number of quaternary nitrogens is 1. The van der Waals surface area contributed by atoms with Crippen LogP contribution in [0.5, 0.6) is 0 Å². The Kier molecular flexibility index (Phi) is 5.62. The van der Waals surface area contributed by atoms with E-state index in [9.17, 15) is 13.2 Å². The van der Waals surface area contributed by atoms with Crippen LogP contribution in [0.4, 0.5) is 10.5 Å². The molecule has 1 aliphatic rings. The lowest BCUT2D eigenvalue weighted by atomic mass is 10.2. The van der Waals surface area contributed by atoms with Gasteiger partial charge in [-0.1, -0.05) is 0 Å². The first-order valence-electron chi connectivity index (χ1n) is 8.32. The topological polar surface area (TPSA) is 98.0 Å². The van der Waals surface area contributed by atoms with Gasteiger partial charge in [0.05, 0.1) is 32.0 Å². The predicted molar refractivity (Wildman–Crippen MR) is 93.6 cm³/mol. The quantitative estimate of drug-likeness (QED) is 0.736. The van der Waals surface area contributed by atoms with Gasteiger partial charge in [0.1, 0.15) is 11.6 Å². The van der Waals surface area contributed by atoms with Gasteiger partial charge in [0.25, 0.3) is 0 Å². The van der Waals surface area contributed by atoms with E-state index in [1.807, 2.05) is 11.8 Å². The summed E-state index contributed by atoms with van der Waals surface area (Å²) >= 11 is 0. The van der Waals surface area contributed by atoms with E-state index >= 15 is 0 Å². The molecule has 0 saturated carbocycles. The van der Waals surface area contributed by atoms with Crippen LogP contribution < -0.4 is 13.9 Å². The van der Waals surface area contributed by atoms with Crippen LogP contribution in [0.2, 0.25) is 0 Å². The van der Waals surface area contributed by atoms with Gasteiger partial charge < -0.3 is 9.64 Å². The molecule has 0 aliphatic carbocycles. The Morgan fingerprint density at radius 3 is 2.68 bits per heavy atom. The van der Waals surface area contributed by atoms with Crippen molar-refractivity contribution < 1.29 is 22.8 Å². The Labute approximate surface area is 149 Å². The molecule has 1 saturated heterocycles. The molecule has 0 bridgehead atoms. The van der Waals surface area contributed by atoms with E-state index in [0.717, 1.165) is 19.4 Å². The number of hydrogen-bond acceptors (Lipinski definition) is 5. The highest BCUT2D eigenvalue weighted by atomic mass is 32.2. The molecule has 142 valence electrons. The molecule has 2 N–H and O–H groups in total. The van der Waals surface area contributed by atoms with Crippen LogP contribution >= 0.6 is 0 Å². The van der Waals surface area contributed by atoms with Crippen molar-refractivity contribution in [2.45, 2.75) is 45.3 Å². The molecule has 10 heteroatoms. The van der Waals surface area contributed by atoms with Gasteiger partial charge >= 0.3 is 16.3 Å². The third kappa shape index (κ3) is 5.33. The van der Waals surface area contributed by atoms with Crippen molar-refractivity contribution in [1.82, 2.24) is 14.5 Å². The average molecular weight is 374 g/mol. The molecule has 2 rings (SSSR count). The molecule has 0 spiro atoms. The van der Waals surface area contributed by atoms with Crippen molar-refractivity contribution >= 4 is 22.0 Å². The minimum Gasteiger partial charge on any atom is -0.443 e. The molecule has 0 aromatic carbocycles. The predicted octanol–water partition coefficient (Wildman–Crippen LogP) is -0.327. The maximum atomic E-state index is 12.8. The second kappa shape index (κ2) is 7.20. The fourth-order valence-corrected chi connectivity index (χ4v) is 3.97. The first kappa shape index (κ1) is 19.5. The summed E-state index contributed by atoms with van der Waals surface area (Å²) in [6, 6.07) is 0.162. The number of aromatic nitrogens is 2. The number of carbonyl (C=O) groups is 1. The molecule has 25 heavy (non-hydrogen) atoms. The molecule has 1 aromatic rings. The zero-order valence-corrected chi connectivity index (χ0v) is 16.3. The summed E-state index contributed by atoms with van der Waals surface area (Å²) in [7, 11) is -0.343. The normalized spacial score (nSPS) is 21.2. The van der Waals surface area contributed by atoms with E-state index < -0.39 is 21.9 Å². The van der Waals surface area contributed by atoms with Gasteiger partial charge in [-0.3, -0.25) is 4.68 Å². The first-order chi connectivity index (χ1) is 11.5. The molecule has 1 aliphatic heterocycles. The van der Waals surface area contributed by atoms with Crippen LogP contribution in [0, 0.1) is 0 Å². The third-order valence-electron chi connectivity index (χ3n) is 4.09. The lowest BCUT2D eigenvalue weighted by Crippen LogP contribution is -3.11. The van der Waals surface area contributed by atoms with Gasteiger partial charge in [-0.15, -0.1) is 0 Å². The number of carbonyl (C=O) groups excluding carboxylic acids is 1. The molecule has 1 aromatic heterocycles. The average Bonchev–Trinajstić information content (AvgIpc) is 3.01. The maximum Gasteiger partial charge on any atom is 0.422 e. The zero-order chi connectivity index (χ0) is 18.8. The standard InChI is InChI=1S/C15H27N5O4S/c1-15(2,3)24-14(21)17-25(22,23)20(13-9-16-19(5)10-13)11-12-7-6-8-18(12)4/h9-10,12H,6-8,11H2,1-5H3,(H,17,21)/p+1/t12-/m1/s1. The van der Waals surface area contributed by atoms with E-state index in [-0.39, 0.29) is 12.6 Å². The molecule has 1 fully saturated rings. The molecule has 2 atom stereocenters. The number of aryl methyl sites for hydroxylation is 1. The minimum absolute atomic E-state index is 0.162. The molecule has 0 radical (unpaired) electrons. The van der Waals surface area contributed by atoms with Crippen molar-refractivity contribution in [2.24, 2.45) is 7.05 Å². The number of nitrogens with one attached hydrogen (secondary N) is 2. The Morgan fingerprint density at radius 1 is 1.52 bits per heavy atom. The van der Waals surface area contributed by atoms with Gasteiger partial charge in [0, 0.05) is 26.1 Å². The van der Waals surface area contributed by atoms with Gasteiger partial charge in [-0.2, -0.15) is 13.5 Å². The second-order valence-corrected chi connectivity index (χ2v) is 9.04. The van der Waals surface area contributed by atoms with Crippen LogP contribution in [0.1, 0.15) is 33.6 Å². The number of likely N-dealkylation sites (N-methyl/N-ethyl adjacent to an activating group) is 1. The number of nitrogens with zero attached hydrogens (tertiary/aromatic N) is 3. The summed E-state index contributed by atoms with van der Waals surface area (Å²) in [5.74, 6) is 0. The Morgan fingerprint density at radius 2 is 2.20 bits per heavy atom. The summed E-state index contributed by atoms with van der Waals surface area (Å²) in [5, 5.41) is 4.04. The molecular weight excluding hydrogens is 346 g/mol. The van der Waals surface area contributed by atoms with Gasteiger partial charge in [-0.05, 0) is 20.8 Å². The lowest BCUT2D eigenvalue weighted by molar-refractivity contribution is -0.890. The molecular formula is C15H28N5O4S+. The molecule has 1 amide bonds. The molecule has 2 heterocycles. The Bertz CT molecular complexity index is 710. The number of ether oxygens (including phenoxy) is 1. The van der Waals surface area contributed by atoms with Gasteiger partial charge in [0.15, 0.2) is 0 Å². The van der Waals surface area contributed by atoms with Crippen LogP contribution in [-0.4, -0.2) is 56.1 Å². The van der Waals surface area contributed by atoms with Crippen molar-refractivity contribution in [3.63, 3.8) is 0 Å². The molecule has 1 unspecified atom stereocenters. The largest absolute Gasteiger partial charge is 0.443 e. The van der Waals surface area contributed by atoms with E-state index in [1.165, 1.54) is 20.1 Å². The van der Waals surface area contributed by atoms with E-state index in [4.69, 9.17) is 4.74 Å². The van der Waals surface area contributed by atoms with Crippen molar-refractivity contribution in [2.75, 3.05) is 24.4 Å². The highest BCUT2D eigenvalue weighted by molar-refractivity contribution is 7.91. The summed E-state index contributed by atoms with van der Waals surface area (Å²) in [6.45, 7) is 6.31. The summed E-state index contributed by atoms with van der Waals surface area (Å²) in [4.78, 5) is 13.2. The van der Waals surface area contributed by atoms with Crippen LogP contribution in [0.3, 0.4) is 0 Å². The zero-order valence-electron chi connectivity index (χ0n) is 15.4. The summed E-state index contributed by atoms with van der Waals surface area (Å²) < 4.78 is 35.4. The molecule has 9 nitrogen and oxygen atoms in total. The minimum atomic E-state index is -4.10. The number of hydrogen-bond donors (Lipinski definition) is 2. The highest BCUT2D eigenvalue weighted by Gasteiger charge is 2.34. The van der Waals surface area contributed by atoms with Crippen molar-refractivity contribution in [3.05, 3.63) is 12.4 Å². The van der Waals surface area contributed by atoms with E-state index in [0.29, 0.717) is 5.69 Å². The van der Waals surface area contributed by atoms with E-state index in [1.54, 1.807) is 34.0 Å². The Hall–Kier alpha value is -1.81. The maximum absolute atomic E-state index is 12.8. The monoisotopic (exact) mass is 374 g/mol. The number of likely N-dealkylation sites (tertiary alicyclic amines) is 1. The van der Waals surface area contributed by atoms with Crippen molar-refractivity contribution in [1.29, 1.82) is 0 Å². The fraction of sp³-hybridized carbons (Fsp3) is 0.733. The number of amides is 1. The second-order valence-electron chi connectivity index (χ2n) is 7.45. The number of anilines is 1. The summed E-state index contributed by atoms with van der Waals surface area (Å²) in [5.41, 5.74) is -0.368. The Balaban J connectivity index is 2.22. The van der Waals surface area contributed by atoms with E-state index in [2.05, 4.69) is 5.10 Å². The number of rotatable bonds is 5. The lowest BCUT2D eigenvalue weighted by Gasteiger charge is -2.27. The van der Waals surface area contributed by atoms with Crippen molar-refractivity contribution in [3.8, 4) is 0 Å². The summed E-state index contributed by atoms with van der Waals surface area (Å²) in [6.07, 6.45) is 4.08. The van der Waals surface area contributed by atoms with Crippen LogP contribution in [-0.2, 0) is 22.0 Å². The fourth-order valence-electron chi connectivity index (χ4n) is 2.86. The van der Waals surface area contributed by atoms with Crippen LogP contribution in [0.25, 0.3) is 0 Å². The SMILES string of the molecule is Cn1cc(N(C[C@H]2CCC[NH+]2C)S(=O)(=O)NC(=O)OC(C)(C)C)cn1.